The number of aromatic nitrogens is 2. The summed E-state index contributed by atoms with van der Waals surface area (Å²) in [5.74, 6) is -0.225. The largest absolute Gasteiger partial charge is 0.573 e. The summed E-state index contributed by atoms with van der Waals surface area (Å²) in [6.45, 7) is 6.13. The Morgan fingerprint density at radius 3 is 2.70 bits per heavy atom. The van der Waals surface area contributed by atoms with E-state index in [1.54, 1.807) is 23.1 Å². The van der Waals surface area contributed by atoms with Crippen molar-refractivity contribution in [1.29, 1.82) is 0 Å². The molecule has 0 radical (unpaired) electrons. The van der Waals surface area contributed by atoms with Crippen molar-refractivity contribution in [2.24, 2.45) is 0 Å². The number of fused-ring (bicyclic) bond motifs is 3. The number of halogens is 3. The van der Waals surface area contributed by atoms with Crippen LogP contribution in [0.4, 0.5) is 19.0 Å². The molecule has 0 spiro atoms. The Balaban J connectivity index is 1.61. The summed E-state index contributed by atoms with van der Waals surface area (Å²) in [5, 5.41) is 0.810. The number of ether oxygens (including phenoxy) is 2. The average Bonchev–Trinajstić information content (AvgIpc) is 3.14. The van der Waals surface area contributed by atoms with E-state index < -0.39 is 12.1 Å². The van der Waals surface area contributed by atoms with E-state index in [-0.39, 0.29) is 24.6 Å². The van der Waals surface area contributed by atoms with Crippen LogP contribution in [0, 0.1) is 0 Å². The van der Waals surface area contributed by atoms with Crippen LogP contribution in [0.1, 0.15) is 54.1 Å². The van der Waals surface area contributed by atoms with Crippen molar-refractivity contribution in [3.8, 4) is 5.75 Å². The second-order valence-corrected chi connectivity index (χ2v) is 8.13. The predicted octanol–water partition coefficient (Wildman–Crippen LogP) is 4.75. The SMILES string of the molecule is CC(C)N(Cc1ccc(OC(F)(F)F)cn1)C(=O)c1ccc2nc(N)c3c(c2c1)CO[C@@H]3C. The lowest BCUT2D eigenvalue weighted by atomic mass is 10.00. The lowest BCUT2D eigenvalue weighted by Gasteiger charge is -2.27. The minimum absolute atomic E-state index is 0.124. The Morgan fingerprint density at radius 2 is 2.06 bits per heavy atom. The van der Waals surface area contributed by atoms with Gasteiger partial charge in [0.05, 0.1) is 36.7 Å². The molecular formula is C23H23F3N4O3. The number of hydrogen-bond acceptors (Lipinski definition) is 6. The molecule has 10 heteroatoms. The molecule has 3 heterocycles. The van der Waals surface area contributed by atoms with Gasteiger partial charge in [-0.15, -0.1) is 13.2 Å². The van der Waals surface area contributed by atoms with Gasteiger partial charge in [-0.3, -0.25) is 9.78 Å². The van der Waals surface area contributed by atoms with Crippen molar-refractivity contribution in [3.63, 3.8) is 0 Å². The number of pyridine rings is 2. The van der Waals surface area contributed by atoms with Crippen LogP contribution < -0.4 is 10.5 Å². The smallest absolute Gasteiger partial charge is 0.404 e. The molecule has 1 amide bonds. The summed E-state index contributed by atoms with van der Waals surface area (Å²) in [6.07, 6.45) is -3.97. The van der Waals surface area contributed by atoms with Crippen molar-refractivity contribution in [2.45, 2.75) is 52.4 Å². The van der Waals surface area contributed by atoms with Crippen LogP contribution in [0.3, 0.4) is 0 Å². The van der Waals surface area contributed by atoms with Gasteiger partial charge in [-0.1, -0.05) is 0 Å². The first kappa shape index (κ1) is 22.8. The summed E-state index contributed by atoms with van der Waals surface area (Å²) in [7, 11) is 0. The molecule has 174 valence electrons. The third-order valence-electron chi connectivity index (χ3n) is 5.54. The number of carbonyl (C=O) groups excluding carboxylic acids is 1. The minimum Gasteiger partial charge on any atom is -0.404 e. The van der Waals surface area contributed by atoms with Crippen LogP contribution in [0.15, 0.2) is 36.5 Å². The second-order valence-electron chi connectivity index (χ2n) is 8.13. The number of nitrogens with two attached hydrogens (primary N) is 1. The van der Waals surface area contributed by atoms with Crippen LogP contribution in [0.25, 0.3) is 10.9 Å². The van der Waals surface area contributed by atoms with Gasteiger partial charge in [-0.25, -0.2) is 4.98 Å². The Morgan fingerprint density at radius 1 is 1.30 bits per heavy atom. The molecule has 0 unspecified atom stereocenters. The lowest BCUT2D eigenvalue weighted by Crippen LogP contribution is -2.36. The molecule has 0 saturated carbocycles. The average molecular weight is 460 g/mol. The molecule has 0 fully saturated rings. The summed E-state index contributed by atoms with van der Waals surface area (Å²) >= 11 is 0. The first-order valence-electron chi connectivity index (χ1n) is 10.4. The van der Waals surface area contributed by atoms with E-state index in [2.05, 4.69) is 14.7 Å². The summed E-state index contributed by atoms with van der Waals surface area (Å²) in [5.41, 5.74) is 9.45. The van der Waals surface area contributed by atoms with E-state index in [9.17, 15) is 18.0 Å². The normalized spacial score (nSPS) is 15.7. The number of alkyl halides is 3. The molecular weight excluding hydrogens is 437 g/mol. The zero-order valence-corrected chi connectivity index (χ0v) is 18.3. The quantitative estimate of drug-likeness (QED) is 0.591. The van der Waals surface area contributed by atoms with E-state index in [1.165, 1.54) is 12.1 Å². The number of carbonyl (C=O) groups is 1. The number of anilines is 1. The van der Waals surface area contributed by atoms with Crippen LogP contribution in [-0.2, 0) is 17.9 Å². The van der Waals surface area contributed by atoms with Gasteiger partial charge in [0.25, 0.3) is 5.91 Å². The van der Waals surface area contributed by atoms with Gasteiger partial charge in [0.2, 0.25) is 0 Å². The summed E-state index contributed by atoms with van der Waals surface area (Å²) < 4.78 is 46.7. The van der Waals surface area contributed by atoms with Crippen molar-refractivity contribution >= 4 is 22.6 Å². The highest BCUT2D eigenvalue weighted by atomic mass is 19.4. The Bertz CT molecular complexity index is 1200. The number of nitrogen functional groups attached to an aromatic ring is 1. The maximum absolute atomic E-state index is 13.4. The molecule has 7 nitrogen and oxygen atoms in total. The zero-order valence-electron chi connectivity index (χ0n) is 18.3. The fraction of sp³-hybridized carbons (Fsp3) is 0.348. The molecule has 1 aromatic carbocycles. The van der Waals surface area contributed by atoms with Gasteiger partial charge in [0.1, 0.15) is 11.6 Å². The van der Waals surface area contributed by atoms with Crippen molar-refractivity contribution in [3.05, 3.63) is 58.9 Å². The fourth-order valence-electron chi connectivity index (χ4n) is 3.93. The van der Waals surface area contributed by atoms with E-state index in [4.69, 9.17) is 10.5 Å². The number of rotatable bonds is 5. The zero-order chi connectivity index (χ0) is 23.9. The van der Waals surface area contributed by atoms with Crippen LogP contribution in [0.2, 0.25) is 0 Å². The molecule has 33 heavy (non-hydrogen) atoms. The first-order chi connectivity index (χ1) is 15.5. The molecule has 2 N–H and O–H groups in total. The van der Waals surface area contributed by atoms with E-state index in [0.717, 1.165) is 22.7 Å². The number of benzene rings is 1. The minimum atomic E-state index is -4.79. The molecule has 4 rings (SSSR count). The van der Waals surface area contributed by atoms with Gasteiger partial charge in [0.15, 0.2) is 0 Å². The Labute approximate surface area is 188 Å². The summed E-state index contributed by atoms with van der Waals surface area (Å²) in [4.78, 5) is 23.4. The molecule has 1 aliphatic rings. The fourth-order valence-corrected chi connectivity index (χ4v) is 3.93. The number of nitrogens with zero attached hydrogens (tertiary/aromatic N) is 3. The molecule has 0 saturated heterocycles. The van der Waals surface area contributed by atoms with Crippen LogP contribution in [0.5, 0.6) is 5.75 Å². The molecule has 0 aliphatic carbocycles. The monoisotopic (exact) mass is 460 g/mol. The van der Waals surface area contributed by atoms with Gasteiger partial charge in [-0.2, -0.15) is 0 Å². The Hall–Kier alpha value is -3.40. The topological polar surface area (TPSA) is 90.6 Å². The van der Waals surface area contributed by atoms with Crippen LogP contribution >= 0.6 is 0 Å². The highest BCUT2D eigenvalue weighted by Gasteiger charge is 2.31. The van der Waals surface area contributed by atoms with Gasteiger partial charge in [-0.05, 0) is 56.7 Å². The number of amides is 1. The third-order valence-corrected chi connectivity index (χ3v) is 5.54. The summed E-state index contributed by atoms with van der Waals surface area (Å²) in [6, 6.07) is 7.62. The molecule has 0 bridgehead atoms. The second kappa shape index (κ2) is 8.51. The number of hydrogen-bond donors (Lipinski definition) is 1. The Kier molecular flexibility index (Phi) is 5.87. The highest BCUT2D eigenvalue weighted by molar-refractivity contribution is 5.99. The highest BCUT2D eigenvalue weighted by Crippen LogP contribution is 2.38. The molecule has 1 atom stereocenters. The van der Waals surface area contributed by atoms with Crippen molar-refractivity contribution in [1.82, 2.24) is 14.9 Å². The molecule has 3 aromatic rings. The van der Waals surface area contributed by atoms with Gasteiger partial charge < -0.3 is 20.1 Å². The standard InChI is InChI=1S/C23H23F3N4O3/c1-12(2)30(10-15-5-6-16(9-28-15)33-23(24,25)26)22(31)14-4-7-19-17(8-14)18-11-32-13(3)20(18)21(27)29-19/h4-9,12-13H,10-11H2,1-3H3,(H2,27,29)/t13-/m1/s1. The maximum Gasteiger partial charge on any atom is 0.573 e. The van der Waals surface area contributed by atoms with Crippen LogP contribution in [-0.4, -0.2) is 33.2 Å². The van der Waals surface area contributed by atoms with Gasteiger partial charge in [0, 0.05) is 22.6 Å². The lowest BCUT2D eigenvalue weighted by molar-refractivity contribution is -0.274. The molecule has 1 aliphatic heterocycles. The van der Waals surface area contributed by atoms with Crippen molar-refractivity contribution < 1.29 is 27.4 Å². The van der Waals surface area contributed by atoms with E-state index in [1.807, 2.05) is 20.8 Å². The van der Waals surface area contributed by atoms with Crippen molar-refractivity contribution in [2.75, 3.05) is 5.73 Å². The van der Waals surface area contributed by atoms with E-state index in [0.29, 0.717) is 29.2 Å². The maximum atomic E-state index is 13.4. The first-order valence-corrected chi connectivity index (χ1v) is 10.4. The predicted molar refractivity (Wildman–Crippen MR) is 115 cm³/mol. The van der Waals surface area contributed by atoms with E-state index >= 15 is 0 Å². The molecule has 2 aromatic heterocycles. The van der Waals surface area contributed by atoms with Gasteiger partial charge >= 0.3 is 6.36 Å². The third kappa shape index (κ3) is 4.70.